The zero-order chi connectivity index (χ0) is 14.6. The molecule has 2 N–H and O–H groups in total. The molecular formula is C15H15F2N3O. The van der Waals surface area contributed by atoms with Crippen LogP contribution >= 0.6 is 0 Å². The highest BCUT2D eigenvalue weighted by molar-refractivity contribution is 5.23. The van der Waals surface area contributed by atoms with Gasteiger partial charge in [0.05, 0.1) is 0 Å². The Bertz CT molecular complexity index is 667. The summed E-state index contributed by atoms with van der Waals surface area (Å²) in [6.07, 6.45) is 1.96. The predicted molar refractivity (Wildman–Crippen MR) is 70.4 cm³/mol. The summed E-state index contributed by atoms with van der Waals surface area (Å²) in [5.74, 6) is 1.01. The third kappa shape index (κ3) is 2.14. The lowest BCUT2D eigenvalue weighted by molar-refractivity contribution is 0.338. The molecule has 4 rings (SSSR count). The highest BCUT2D eigenvalue weighted by Gasteiger charge is 2.55. The van der Waals surface area contributed by atoms with Crippen LogP contribution in [0.15, 0.2) is 22.7 Å². The Morgan fingerprint density at radius 2 is 1.95 bits per heavy atom. The molecule has 6 heteroatoms. The molecule has 2 saturated carbocycles. The normalized spacial score (nSPS) is 30.4. The summed E-state index contributed by atoms with van der Waals surface area (Å²) in [7, 11) is 0. The molecule has 0 spiro atoms. The quantitative estimate of drug-likeness (QED) is 0.943. The van der Waals surface area contributed by atoms with Crippen LogP contribution in [0.2, 0.25) is 0 Å². The van der Waals surface area contributed by atoms with Crippen molar-refractivity contribution in [2.24, 2.45) is 17.6 Å². The van der Waals surface area contributed by atoms with Gasteiger partial charge in [-0.05, 0) is 36.8 Å². The zero-order valence-electron chi connectivity index (χ0n) is 11.3. The number of nitrogens with zero attached hydrogens (tertiary/aromatic N) is 2. The van der Waals surface area contributed by atoms with E-state index in [1.807, 2.05) is 0 Å². The molecule has 0 radical (unpaired) electrons. The van der Waals surface area contributed by atoms with Crippen LogP contribution in [0, 0.1) is 23.5 Å². The molecule has 0 bridgehead atoms. The number of nitrogens with two attached hydrogens (primary N) is 1. The van der Waals surface area contributed by atoms with E-state index < -0.39 is 11.6 Å². The smallest absolute Gasteiger partial charge is 0.230 e. The Labute approximate surface area is 120 Å². The molecule has 1 heterocycles. The number of halogens is 2. The van der Waals surface area contributed by atoms with Crippen LogP contribution in [0.5, 0.6) is 0 Å². The lowest BCUT2D eigenvalue weighted by Gasteiger charge is -2.07. The Kier molecular flexibility index (Phi) is 2.82. The summed E-state index contributed by atoms with van der Waals surface area (Å²) in [6, 6.07) is 4.00. The van der Waals surface area contributed by atoms with E-state index in [9.17, 15) is 8.78 Å². The van der Waals surface area contributed by atoms with Gasteiger partial charge >= 0.3 is 0 Å². The van der Waals surface area contributed by atoms with E-state index in [4.69, 9.17) is 10.3 Å². The standard InChI is InChI=1S/C15H15F2N3O/c16-11-2-1-3-12(17)10(11)6-14-19-15(21-20-14)9-5-13(18)8-4-7(8)9/h1-3,7-9,13H,4-6,18H2/t7-,8+,9-,13+/m1/s1. The molecule has 110 valence electrons. The van der Waals surface area contributed by atoms with Gasteiger partial charge in [-0.25, -0.2) is 8.78 Å². The van der Waals surface area contributed by atoms with Gasteiger partial charge in [0.15, 0.2) is 5.82 Å². The van der Waals surface area contributed by atoms with E-state index >= 15 is 0 Å². The van der Waals surface area contributed by atoms with E-state index in [-0.39, 0.29) is 23.9 Å². The highest BCUT2D eigenvalue weighted by atomic mass is 19.1. The zero-order valence-corrected chi connectivity index (χ0v) is 11.3. The Morgan fingerprint density at radius 3 is 2.57 bits per heavy atom. The van der Waals surface area contributed by atoms with E-state index in [1.54, 1.807) is 0 Å². The van der Waals surface area contributed by atoms with Crippen LogP contribution in [-0.4, -0.2) is 16.2 Å². The van der Waals surface area contributed by atoms with Gasteiger partial charge in [0.2, 0.25) is 5.89 Å². The molecule has 1 aromatic heterocycles. The molecule has 2 aliphatic rings. The highest BCUT2D eigenvalue weighted by Crippen LogP contribution is 2.58. The van der Waals surface area contributed by atoms with Crippen molar-refractivity contribution in [3.63, 3.8) is 0 Å². The van der Waals surface area contributed by atoms with Crippen molar-refractivity contribution >= 4 is 0 Å². The van der Waals surface area contributed by atoms with Crippen molar-refractivity contribution in [2.45, 2.75) is 31.2 Å². The molecule has 2 aliphatic carbocycles. The van der Waals surface area contributed by atoms with Gasteiger partial charge in [-0.1, -0.05) is 11.2 Å². The van der Waals surface area contributed by atoms with Crippen LogP contribution in [0.4, 0.5) is 8.78 Å². The van der Waals surface area contributed by atoms with Gasteiger partial charge < -0.3 is 10.3 Å². The number of rotatable bonds is 3. The SMILES string of the molecule is N[C@H]1C[C@@H](c2nc(Cc3c(F)cccc3F)no2)[C@@H]2C[C@@H]21. The second kappa shape index (κ2) is 4.59. The summed E-state index contributed by atoms with van der Waals surface area (Å²) in [5, 5.41) is 3.86. The fraction of sp³-hybridized carbons (Fsp3) is 0.467. The van der Waals surface area contributed by atoms with Crippen molar-refractivity contribution < 1.29 is 13.3 Å². The molecule has 0 aliphatic heterocycles. The van der Waals surface area contributed by atoms with E-state index in [2.05, 4.69) is 10.1 Å². The molecular weight excluding hydrogens is 276 g/mol. The number of benzene rings is 1. The van der Waals surface area contributed by atoms with Gasteiger partial charge in [0.25, 0.3) is 0 Å². The lowest BCUT2D eigenvalue weighted by atomic mass is 10.0. The fourth-order valence-electron chi connectivity index (χ4n) is 3.47. The van der Waals surface area contributed by atoms with Gasteiger partial charge in [-0.15, -0.1) is 0 Å². The average Bonchev–Trinajstić information content (AvgIpc) is 3.00. The van der Waals surface area contributed by atoms with Gasteiger partial charge in [0, 0.05) is 23.9 Å². The van der Waals surface area contributed by atoms with Crippen LogP contribution in [0.3, 0.4) is 0 Å². The molecule has 0 unspecified atom stereocenters. The van der Waals surface area contributed by atoms with E-state index in [0.29, 0.717) is 23.6 Å². The Balaban J connectivity index is 1.55. The Hall–Kier alpha value is -1.82. The lowest BCUT2D eigenvalue weighted by Crippen LogP contribution is -2.19. The summed E-state index contributed by atoms with van der Waals surface area (Å²) in [4.78, 5) is 4.31. The van der Waals surface area contributed by atoms with Crippen LogP contribution in [0.25, 0.3) is 0 Å². The fourth-order valence-corrected chi connectivity index (χ4v) is 3.47. The van der Waals surface area contributed by atoms with Crippen molar-refractivity contribution in [2.75, 3.05) is 0 Å². The monoisotopic (exact) mass is 291 g/mol. The van der Waals surface area contributed by atoms with E-state index in [0.717, 1.165) is 12.8 Å². The molecule has 1 aromatic carbocycles. The van der Waals surface area contributed by atoms with E-state index in [1.165, 1.54) is 18.2 Å². The van der Waals surface area contributed by atoms with Gasteiger partial charge in [-0.2, -0.15) is 4.98 Å². The van der Waals surface area contributed by atoms with Gasteiger partial charge in [0.1, 0.15) is 11.6 Å². The largest absolute Gasteiger partial charge is 0.339 e. The first-order chi connectivity index (χ1) is 10.1. The number of fused-ring (bicyclic) bond motifs is 1. The average molecular weight is 291 g/mol. The van der Waals surface area contributed by atoms with Crippen LogP contribution < -0.4 is 5.73 Å². The maximum atomic E-state index is 13.6. The predicted octanol–water partition coefficient (Wildman–Crippen LogP) is 2.39. The minimum absolute atomic E-state index is 0.00508. The third-order valence-electron chi connectivity index (χ3n) is 4.68. The molecule has 0 amide bonds. The second-order valence-electron chi connectivity index (χ2n) is 6.00. The molecule has 4 atom stereocenters. The molecule has 2 aromatic rings. The second-order valence-corrected chi connectivity index (χ2v) is 6.00. The minimum Gasteiger partial charge on any atom is -0.339 e. The van der Waals surface area contributed by atoms with Crippen molar-refractivity contribution in [3.8, 4) is 0 Å². The van der Waals surface area contributed by atoms with Gasteiger partial charge in [-0.3, -0.25) is 0 Å². The summed E-state index contributed by atoms with van der Waals surface area (Å²) >= 11 is 0. The first kappa shape index (κ1) is 12.9. The Morgan fingerprint density at radius 1 is 1.19 bits per heavy atom. The topological polar surface area (TPSA) is 64.9 Å². The molecule has 21 heavy (non-hydrogen) atoms. The van der Waals surface area contributed by atoms with Crippen molar-refractivity contribution in [1.82, 2.24) is 10.1 Å². The van der Waals surface area contributed by atoms with Crippen molar-refractivity contribution in [1.29, 1.82) is 0 Å². The minimum atomic E-state index is -0.591. The maximum absolute atomic E-state index is 13.6. The maximum Gasteiger partial charge on any atom is 0.230 e. The van der Waals surface area contributed by atoms with Crippen LogP contribution in [-0.2, 0) is 6.42 Å². The summed E-state index contributed by atoms with van der Waals surface area (Å²) < 4.78 is 32.5. The summed E-state index contributed by atoms with van der Waals surface area (Å²) in [5.41, 5.74) is 6.00. The number of hydrogen-bond acceptors (Lipinski definition) is 4. The molecule has 2 fully saturated rings. The molecule has 4 nitrogen and oxygen atoms in total. The summed E-state index contributed by atoms with van der Waals surface area (Å²) in [6.45, 7) is 0. The van der Waals surface area contributed by atoms with Crippen LogP contribution in [0.1, 0.15) is 36.0 Å². The number of hydrogen-bond donors (Lipinski definition) is 1. The molecule has 0 saturated heterocycles. The first-order valence-corrected chi connectivity index (χ1v) is 7.14. The van der Waals surface area contributed by atoms with Crippen molar-refractivity contribution in [3.05, 3.63) is 47.1 Å². The third-order valence-corrected chi connectivity index (χ3v) is 4.68. The first-order valence-electron chi connectivity index (χ1n) is 7.14. The number of aromatic nitrogens is 2.